The first kappa shape index (κ1) is 25.8. The molecule has 2 fully saturated rings. The number of nitrogens with zero attached hydrogens (tertiary/aromatic N) is 3. The van der Waals surface area contributed by atoms with Gasteiger partial charge >= 0.3 is 0 Å². The van der Waals surface area contributed by atoms with Crippen LogP contribution in [-0.2, 0) is 9.59 Å². The fraction of sp³-hybridized carbons (Fsp3) is 0.269. The Hall–Kier alpha value is -3.24. The average molecular weight is 572 g/mol. The predicted octanol–water partition coefficient (Wildman–Crippen LogP) is 4.41. The van der Waals surface area contributed by atoms with E-state index >= 15 is 0 Å². The SMILES string of the molecule is C=CCOc1c(Br)cc(/C=C2/SC(=O)N(CC(=O)N3CCN(c4ccccc4)CC3)C2=O)cc1OC. The Morgan fingerprint density at radius 2 is 1.86 bits per heavy atom. The van der Waals surface area contributed by atoms with E-state index in [2.05, 4.69) is 27.4 Å². The third-order valence-corrected chi connectivity index (χ3v) is 7.31. The molecule has 0 saturated carbocycles. The molecule has 2 aromatic carbocycles. The molecule has 2 aromatic rings. The van der Waals surface area contributed by atoms with Crippen molar-refractivity contribution >= 4 is 56.5 Å². The molecule has 0 aromatic heterocycles. The topological polar surface area (TPSA) is 79.4 Å². The summed E-state index contributed by atoms with van der Waals surface area (Å²) in [6.07, 6.45) is 3.23. The lowest BCUT2D eigenvalue weighted by Crippen LogP contribution is -2.51. The van der Waals surface area contributed by atoms with E-state index in [9.17, 15) is 14.4 Å². The Morgan fingerprint density at radius 1 is 1.14 bits per heavy atom. The summed E-state index contributed by atoms with van der Waals surface area (Å²) < 4.78 is 11.7. The van der Waals surface area contributed by atoms with E-state index in [4.69, 9.17) is 9.47 Å². The highest BCUT2D eigenvalue weighted by molar-refractivity contribution is 9.10. The van der Waals surface area contributed by atoms with Crippen LogP contribution < -0.4 is 14.4 Å². The number of carbonyl (C=O) groups excluding carboxylic acids is 3. The summed E-state index contributed by atoms with van der Waals surface area (Å²) in [5.74, 6) is 0.268. The molecule has 0 unspecified atom stereocenters. The van der Waals surface area contributed by atoms with Crippen LogP contribution in [-0.4, -0.2) is 73.3 Å². The van der Waals surface area contributed by atoms with Gasteiger partial charge in [-0.2, -0.15) is 0 Å². The number of para-hydroxylation sites is 1. The number of imide groups is 1. The van der Waals surface area contributed by atoms with E-state index in [1.807, 2.05) is 30.3 Å². The van der Waals surface area contributed by atoms with Crippen LogP contribution in [0.15, 0.2) is 64.5 Å². The second-order valence-electron chi connectivity index (χ2n) is 8.11. The van der Waals surface area contributed by atoms with Crippen LogP contribution in [0.2, 0.25) is 0 Å². The highest BCUT2D eigenvalue weighted by atomic mass is 79.9. The summed E-state index contributed by atoms with van der Waals surface area (Å²) in [4.78, 5) is 43.6. The Labute approximate surface area is 222 Å². The number of amides is 3. The van der Waals surface area contributed by atoms with Crippen LogP contribution in [0.3, 0.4) is 0 Å². The molecule has 3 amide bonds. The van der Waals surface area contributed by atoms with Crippen molar-refractivity contribution in [2.24, 2.45) is 0 Å². The fourth-order valence-electron chi connectivity index (χ4n) is 3.98. The number of halogens is 1. The van der Waals surface area contributed by atoms with Crippen molar-refractivity contribution < 1.29 is 23.9 Å². The monoisotopic (exact) mass is 571 g/mol. The van der Waals surface area contributed by atoms with E-state index in [0.29, 0.717) is 54.3 Å². The molecule has 4 rings (SSSR count). The molecule has 0 radical (unpaired) electrons. The van der Waals surface area contributed by atoms with Gasteiger partial charge in [0.2, 0.25) is 5.91 Å². The Morgan fingerprint density at radius 3 is 2.53 bits per heavy atom. The highest BCUT2D eigenvalue weighted by Crippen LogP contribution is 2.39. The van der Waals surface area contributed by atoms with E-state index in [0.717, 1.165) is 22.3 Å². The maximum atomic E-state index is 13.0. The molecule has 0 spiro atoms. The van der Waals surface area contributed by atoms with Crippen LogP contribution in [0.4, 0.5) is 10.5 Å². The zero-order chi connectivity index (χ0) is 25.7. The summed E-state index contributed by atoms with van der Waals surface area (Å²) in [5.41, 5.74) is 1.77. The largest absolute Gasteiger partial charge is 0.493 e. The molecule has 8 nitrogen and oxygen atoms in total. The second-order valence-corrected chi connectivity index (χ2v) is 9.95. The Balaban J connectivity index is 1.40. The van der Waals surface area contributed by atoms with Crippen molar-refractivity contribution in [1.82, 2.24) is 9.80 Å². The van der Waals surface area contributed by atoms with E-state index in [-0.39, 0.29) is 17.4 Å². The average Bonchev–Trinajstić information content (AvgIpc) is 3.15. The Bertz CT molecular complexity index is 1200. The van der Waals surface area contributed by atoms with Gasteiger partial charge in [0, 0.05) is 31.9 Å². The molecule has 0 aliphatic carbocycles. The van der Waals surface area contributed by atoms with Gasteiger partial charge in [-0.05, 0) is 63.6 Å². The van der Waals surface area contributed by atoms with Crippen molar-refractivity contribution in [1.29, 1.82) is 0 Å². The number of methoxy groups -OCH3 is 1. The molecule has 2 aliphatic rings. The number of ether oxygens (including phenoxy) is 2. The number of benzene rings is 2. The van der Waals surface area contributed by atoms with E-state index in [1.165, 1.54) is 7.11 Å². The fourth-order valence-corrected chi connectivity index (χ4v) is 5.39. The summed E-state index contributed by atoms with van der Waals surface area (Å²) in [7, 11) is 1.52. The summed E-state index contributed by atoms with van der Waals surface area (Å²) in [6.45, 7) is 6.14. The number of hydrogen-bond donors (Lipinski definition) is 0. The number of thioether (sulfide) groups is 1. The molecule has 36 heavy (non-hydrogen) atoms. The second kappa shape index (κ2) is 11.7. The van der Waals surface area contributed by atoms with Gasteiger partial charge in [0.25, 0.3) is 11.1 Å². The van der Waals surface area contributed by atoms with Gasteiger partial charge in [-0.25, -0.2) is 0 Å². The lowest BCUT2D eigenvalue weighted by atomic mass is 10.2. The lowest BCUT2D eigenvalue weighted by Gasteiger charge is -2.36. The molecular formula is C26H26BrN3O5S. The van der Waals surface area contributed by atoms with Gasteiger partial charge in [0.05, 0.1) is 16.5 Å². The molecule has 0 bridgehead atoms. The summed E-state index contributed by atoms with van der Waals surface area (Å²) in [6, 6.07) is 13.5. The molecule has 2 aliphatic heterocycles. The van der Waals surface area contributed by atoms with Crippen LogP contribution in [0.1, 0.15) is 5.56 Å². The van der Waals surface area contributed by atoms with Crippen LogP contribution in [0.25, 0.3) is 6.08 Å². The molecule has 2 saturated heterocycles. The van der Waals surface area contributed by atoms with Gasteiger partial charge in [-0.1, -0.05) is 30.9 Å². The van der Waals surface area contributed by atoms with E-state index < -0.39 is 11.1 Å². The first-order valence-corrected chi connectivity index (χ1v) is 13.0. The van der Waals surface area contributed by atoms with Crippen molar-refractivity contribution in [3.05, 3.63) is 70.1 Å². The minimum absolute atomic E-state index is 0.237. The first-order chi connectivity index (χ1) is 17.4. The maximum Gasteiger partial charge on any atom is 0.294 e. The Kier molecular flexibility index (Phi) is 8.37. The normalized spacial score (nSPS) is 17.1. The lowest BCUT2D eigenvalue weighted by molar-refractivity contribution is -0.136. The standard InChI is InChI=1S/C26H26BrN3O5S/c1-3-13-35-24-20(27)14-18(15-21(24)34-2)16-22-25(32)30(26(33)36-22)17-23(31)29-11-9-28(10-12-29)19-7-5-4-6-8-19/h3-8,14-16H,1,9-13,17H2,2H3/b22-16+. The van der Waals surface area contributed by atoms with Crippen molar-refractivity contribution in [2.75, 3.05) is 51.3 Å². The highest BCUT2D eigenvalue weighted by Gasteiger charge is 2.37. The molecule has 0 N–H and O–H groups in total. The van der Waals surface area contributed by atoms with Gasteiger partial charge in [0.1, 0.15) is 13.2 Å². The third kappa shape index (κ3) is 5.76. The number of anilines is 1. The molecular weight excluding hydrogens is 546 g/mol. The predicted molar refractivity (Wildman–Crippen MR) is 144 cm³/mol. The molecule has 0 atom stereocenters. The zero-order valence-corrected chi connectivity index (χ0v) is 22.2. The first-order valence-electron chi connectivity index (χ1n) is 11.4. The molecule has 2 heterocycles. The van der Waals surface area contributed by atoms with Crippen LogP contribution in [0, 0.1) is 0 Å². The van der Waals surface area contributed by atoms with Gasteiger partial charge < -0.3 is 19.3 Å². The number of rotatable bonds is 8. The van der Waals surface area contributed by atoms with Crippen molar-refractivity contribution in [3.8, 4) is 11.5 Å². The maximum absolute atomic E-state index is 13.0. The number of piperazine rings is 1. The molecule has 188 valence electrons. The smallest absolute Gasteiger partial charge is 0.294 e. The van der Waals surface area contributed by atoms with Crippen molar-refractivity contribution in [3.63, 3.8) is 0 Å². The van der Waals surface area contributed by atoms with Gasteiger partial charge in [-0.15, -0.1) is 0 Å². The molecule has 10 heteroatoms. The summed E-state index contributed by atoms with van der Waals surface area (Å²) >= 11 is 4.28. The third-order valence-electron chi connectivity index (χ3n) is 5.82. The quantitative estimate of drug-likeness (QED) is 0.343. The number of carbonyl (C=O) groups is 3. The van der Waals surface area contributed by atoms with E-state index in [1.54, 1.807) is 29.2 Å². The minimum atomic E-state index is -0.483. The van der Waals surface area contributed by atoms with Crippen LogP contribution in [0.5, 0.6) is 11.5 Å². The van der Waals surface area contributed by atoms with Gasteiger partial charge in [-0.3, -0.25) is 19.3 Å². The number of hydrogen-bond acceptors (Lipinski definition) is 7. The van der Waals surface area contributed by atoms with Gasteiger partial charge in [0.15, 0.2) is 11.5 Å². The van der Waals surface area contributed by atoms with Crippen LogP contribution >= 0.6 is 27.7 Å². The summed E-state index contributed by atoms with van der Waals surface area (Å²) in [5, 5.41) is -0.459. The zero-order valence-electron chi connectivity index (χ0n) is 19.8. The van der Waals surface area contributed by atoms with Crippen molar-refractivity contribution in [2.45, 2.75) is 0 Å². The minimum Gasteiger partial charge on any atom is -0.493 e.